The van der Waals surface area contributed by atoms with E-state index in [1.165, 1.54) is 75.3 Å². The van der Waals surface area contributed by atoms with Crippen molar-refractivity contribution in [1.82, 2.24) is 0 Å². The first kappa shape index (κ1) is 24.7. The molecule has 0 radical (unpaired) electrons. The topological polar surface area (TPSA) is 9.23 Å². The molecule has 1 nitrogen and oxygen atoms in total. The molecule has 0 amide bonds. The van der Waals surface area contributed by atoms with Crippen LogP contribution < -0.4 is 4.74 Å². The van der Waals surface area contributed by atoms with Gasteiger partial charge in [-0.05, 0) is 123 Å². The SMILES string of the molecule is CCC[C@H]1CC[C@H](c2ccc(C#C/C=C/[C@H]3CC[C@H](c4ccc(OCC)cc4)CC3)cc2)CC1. The minimum absolute atomic E-state index is 0.665. The van der Waals surface area contributed by atoms with Crippen molar-refractivity contribution in [1.29, 1.82) is 0 Å². The Kier molecular flexibility index (Phi) is 9.32. The lowest BCUT2D eigenvalue weighted by atomic mass is 9.77. The van der Waals surface area contributed by atoms with Gasteiger partial charge in [-0.3, -0.25) is 0 Å². The quantitative estimate of drug-likeness (QED) is 0.379. The van der Waals surface area contributed by atoms with E-state index >= 15 is 0 Å². The standard InChI is InChI=1S/C33H42O/c1-3-7-26-10-16-29(17-11-26)30-18-12-27(13-19-30)8-5-6-9-28-14-20-31(21-15-28)32-22-24-33(25-23-32)34-4-2/h6,9,12-13,18-19,22-26,28-29,31H,3-4,7,10-11,14-17,20-21H2,1-2H3/b9-6+/t26-,28-,29-,31-. The molecule has 4 rings (SSSR count). The Balaban J connectivity index is 1.21. The maximum absolute atomic E-state index is 5.57. The molecule has 2 aliphatic carbocycles. The Morgan fingerprint density at radius 3 is 1.94 bits per heavy atom. The van der Waals surface area contributed by atoms with Gasteiger partial charge in [-0.1, -0.05) is 61.9 Å². The number of rotatable bonds is 7. The second-order valence-corrected chi connectivity index (χ2v) is 10.4. The average Bonchev–Trinajstić information content (AvgIpc) is 2.89. The predicted molar refractivity (Wildman–Crippen MR) is 144 cm³/mol. The van der Waals surface area contributed by atoms with Gasteiger partial charge in [0.25, 0.3) is 0 Å². The molecular weight excluding hydrogens is 412 g/mol. The zero-order chi connectivity index (χ0) is 23.6. The normalized spacial score (nSPS) is 25.0. The first-order valence-corrected chi connectivity index (χ1v) is 13.8. The van der Waals surface area contributed by atoms with Crippen LogP contribution in [0.1, 0.15) is 107 Å². The molecule has 0 bridgehead atoms. The van der Waals surface area contributed by atoms with Crippen LogP contribution in [0, 0.1) is 23.7 Å². The lowest BCUT2D eigenvalue weighted by molar-refractivity contribution is 0.308. The van der Waals surface area contributed by atoms with Gasteiger partial charge in [-0.2, -0.15) is 0 Å². The molecule has 0 spiro atoms. The molecule has 2 fully saturated rings. The molecule has 2 aromatic carbocycles. The highest BCUT2D eigenvalue weighted by Crippen LogP contribution is 2.38. The highest BCUT2D eigenvalue weighted by atomic mass is 16.5. The van der Waals surface area contributed by atoms with Crippen LogP contribution in [0.3, 0.4) is 0 Å². The fourth-order valence-electron chi connectivity index (χ4n) is 5.99. The summed E-state index contributed by atoms with van der Waals surface area (Å²) in [6.07, 6.45) is 17.8. The number of ether oxygens (including phenoxy) is 1. The highest BCUT2D eigenvalue weighted by molar-refractivity contribution is 5.39. The Hall–Kier alpha value is -2.46. The molecule has 0 aliphatic heterocycles. The lowest BCUT2D eigenvalue weighted by Gasteiger charge is -2.28. The minimum atomic E-state index is 0.665. The number of hydrogen-bond acceptors (Lipinski definition) is 1. The molecule has 2 aromatic rings. The van der Waals surface area contributed by atoms with Gasteiger partial charge in [0.05, 0.1) is 6.61 Å². The zero-order valence-corrected chi connectivity index (χ0v) is 21.3. The van der Waals surface area contributed by atoms with Crippen LogP contribution in [0.15, 0.2) is 60.7 Å². The van der Waals surface area contributed by atoms with Crippen molar-refractivity contribution in [3.63, 3.8) is 0 Å². The van der Waals surface area contributed by atoms with Crippen LogP contribution in [0.4, 0.5) is 0 Å². The lowest BCUT2D eigenvalue weighted by Crippen LogP contribution is -2.13. The summed E-state index contributed by atoms with van der Waals surface area (Å²) >= 11 is 0. The summed E-state index contributed by atoms with van der Waals surface area (Å²) in [5.41, 5.74) is 4.11. The van der Waals surface area contributed by atoms with Crippen LogP contribution >= 0.6 is 0 Å². The second kappa shape index (κ2) is 12.9. The van der Waals surface area contributed by atoms with Crippen LogP contribution in [0.2, 0.25) is 0 Å². The molecule has 0 unspecified atom stereocenters. The first-order chi connectivity index (χ1) is 16.7. The summed E-state index contributed by atoms with van der Waals surface area (Å²) in [5.74, 6) is 10.7. The van der Waals surface area contributed by atoms with Gasteiger partial charge in [0.15, 0.2) is 0 Å². The Labute approximate surface area is 208 Å². The third-order valence-electron chi connectivity index (χ3n) is 8.03. The van der Waals surface area contributed by atoms with E-state index in [1.807, 2.05) is 6.92 Å². The van der Waals surface area contributed by atoms with E-state index in [9.17, 15) is 0 Å². The molecule has 180 valence electrons. The summed E-state index contributed by atoms with van der Waals surface area (Å²) < 4.78 is 5.57. The smallest absolute Gasteiger partial charge is 0.119 e. The van der Waals surface area contributed by atoms with Gasteiger partial charge < -0.3 is 4.74 Å². The Bertz CT molecular complexity index is 940. The average molecular weight is 455 g/mol. The van der Waals surface area contributed by atoms with E-state index < -0.39 is 0 Å². The maximum Gasteiger partial charge on any atom is 0.119 e. The Morgan fingerprint density at radius 1 is 0.765 bits per heavy atom. The number of allylic oxidation sites excluding steroid dienone is 2. The highest BCUT2D eigenvalue weighted by Gasteiger charge is 2.22. The third kappa shape index (κ3) is 7.02. The molecule has 1 heteroatoms. The summed E-state index contributed by atoms with van der Waals surface area (Å²) in [4.78, 5) is 0. The zero-order valence-electron chi connectivity index (χ0n) is 21.3. The third-order valence-corrected chi connectivity index (χ3v) is 8.03. The summed E-state index contributed by atoms with van der Waals surface area (Å²) in [5, 5.41) is 0. The van der Waals surface area contributed by atoms with E-state index in [1.54, 1.807) is 0 Å². The molecule has 0 atom stereocenters. The summed E-state index contributed by atoms with van der Waals surface area (Å²) in [6, 6.07) is 17.8. The van der Waals surface area contributed by atoms with Crippen molar-refractivity contribution in [2.45, 2.75) is 89.9 Å². The van der Waals surface area contributed by atoms with Gasteiger partial charge in [0, 0.05) is 5.56 Å². The molecule has 0 saturated heterocycles. The van der Waals surface area contributed by atoms with Gasteiger partial charge in [0.2, 0.25) is 0 Å². The van der Waals surface area contributed by atoms with E-state index in [0.717, 1.165) is 29.8 Å². The minimum Gasteiger partial charge on any atom is -0.494 e. The van der Waals surface area contributed by atoms with E-state index in [0.29, 0.717) is 11.8 Å². The molecule has 34 heavy (non-hydrogen) atoms. The second-order valence-electron chi connectivity index (χ2n) is 10.4. The van der Waals surface area contributed by atoms with Crippen molar-refractivity contribution in [2.24, 2.45) is 11.8 Å². The van der Waals surface area contributed by atoms with Crippen LogP contribution in [0.25, 0.3) is 0 Å². The first-order valence-electron chi connectivity index (χ1n) is 13.8. The molecule has 2 aliphatic rings. The largest absolute Gasteiger partial charge is 0.494 e. The fourth-order valence-corrected chi connectivity index (χ4v) is 5.99. The van der Waals surface area contributed by atoms with Gasteiger partial charge >= 0.3 is 0 Å². The van der Waals surface area contributed by atoms with Crippen molar-refractivity contribution >= 4 is 0 Å². The van der Waals surface area contributed by atoms with Crippen molar-refractivity contribution in [2.75, 3.05) is 6.61 Å². The predicted octanol–water partition coefficient (Wildman–Crippen LogP) is 9.04. The summed E-state index contributed by atoms with van der Waals surface area (Å²) in [6.45, 7) is 5.07. The van der Waals surface area contributed by atoms with Crippen LogP contribution in [0.5, 0.6) is 5.75 Å². The monoisotopic (exact) mass is 454 g/mol. The molecule has 0 N–H and O–H groups in total. The van der Waals surface area contributed by atoms with E-state index in [2.05, 4.69) is 79.4 Å². The Morgan fingerprint density at radius 2 is 1.35 bits per heavy atom. The molecular formula is C33H42O. The van der Waals surface area contributed by atoms with E-state index in [-0.39, 0.29) is 0 Å². The summed E-state index contributed by atoms with van der Waals surface area (Å²) in [7, 11) is 0. The number of hydrogen-bond donors (Lipinski definition) is 0. The van der Waals surface area contributed by atoms with Gasteiger partial charge in [0.1, 0.15) is 5.75 Å². The van der Waals surface area contributed by atoms with Gasteiger partial charge in [-0.25, -0.2) is 0 Å². The van der Waals surface area contributed by atoms with Crippen LogP contribution in [-0.4, -0.2) is 6.61 Å². The fraction of sp³-hybridized carbons (Fsp3) is 0.515. The molecule has 0 aromatic heterocycles. The van der Waals surface area contributed by atoms with Crippen molar-refractivity contribution < 1.29 is 4.74 Å². The molecule has 0 heterocycles. The van der Waals surface area contributed by atoms with E-state index in [4.69, 9.17) is 4.74 Å². The van der Waals surface area contributed by atoms with Crippen molar-refractivity contribution in [3.05, 3.63) is 77.4 Å². The van der Waals surface area contributed by atoms with Gasteiger partial charge in [-0.15, -0.1) is 0 Å². The van der Waals surface area contributed by atoms with Crippen LogP contribution in [-0.2, 0) is 0 Å². The number of benzene rings is 2. The molecule has 2 saturated carbocycles. The maximum atomic E-state index is 5.57. The van der Waals surface area contributed by atoms with Crippen molar-refractivity contribution in [3.8, 4) is 17.6 Å².